The number of esters is 2. The Balaban J connectivity index is 0.000000315. The number of hydrogen-bond acceptors (Lipinski definition) is 15. The molecule has 6 amide bonds. The molecule has 0 spiro atoms. The fourth-order valence-electron chi connectivity index (χ4n) is 12.1. The van der Waals surface area contributed by atoms with Crippen molar-refractivity contribution in [2.45, 2.75) is 154 Å². The van der Waals surface area contributed by atoms with Gasteiger partial charge in [0.25, 0.3) is 0 Å². The van der Waals surface area contributed by atoms with Crippen molar-refractivity contribution >= 4 is 94.5 Å². The van der Waals surface area contributed by atoms with Gasteiger partial charge in [0.15, 0.2) is 0 Å². The second-order valence-electron chi connectivity index (χ2n) is 26.5. The predicted molar refractivity (Wildman–Crippen MR) is 415 cm³/mol. The maximum atomic E-state index is 14.0. The summed E-state index contributed by atoms with van der Waals surface area (Å²) in [6, 6.07) is 42.7. The monoisotopic (exact) mass is 1510 g/mol. The number of halogens is 2. The number of epoxide rings is 1. The number of cyclic esters (lactones) is 2. The van der Waals surface area contributed by atoms with Crippen LogP contribution in [0.5, 0.6) is 11.5 Å². The fraction of sp³-hybridized carbons (Fsp3) is 0.375. The zero-order chi connectivity index (χ0) is 76.5. The fourth-order valence-corrected chi connectivity index (χ4v) is 12.7. The molecule has 6 unspecified atom stereocenters. The van der Waals surface area contributed by atoms with Gasteiger partial charge in [-0.1, -0.05) is 223 Å². The van der Waals surface area contributed by atoms with E-state index < -0.39 is 95.8 Å². The molecule has 560 valence electrons. The summed E-state index contributed by atoms with van der Waals surface area (Å²) in [5.41, 5.74) is 4.80. The minimum atomic E-state index is -1.01. The molecule has 6 N–H and O–H groups in total. The molecule has 0 saturated carbocycles. The van der Waals surface area contributed by atoms with Crippen LogP contribution >= 0.6 is 41.1 Å². The lowest BCUT2D eigenvalue weighted by atomic mass is 9.93. The molecule has 0 aliphatic carbocycles. The van der Waals surface area contributed by atoms with Gasteiger partial charge in [0.1, 0.15) is 54.0 Å². The summed E-state index contributed by atoms with van der Waals surface area (Å²) >= 11 is 12.8. The maximum Gasteiger partial charge on any atom is 0.328 e. The van der Waals surface area contributed by atoms with Crippen LogP contribution in [0.15, 0.2) is 188 Å². The number of rotatable bonds is 18. The van der Waals surface area contributed by atoms with Crippen LogP contribution in [-0.4, -0.2) is 104 Å². The summed E-state index contributed by atoms with van der Waals surface area (Å²) in [6.07, 6.45) is 9.36. The SMILES string of the molecule is COc1ccc(C[C@H]2NC(=O)/C=C/C[C@@H]([C@H](C)/C=C/c3ccccc3)OC(=O)[C@H](CC(C)C)NC(=O)CC(c3ccccc3)NC2=O)cc1Cl.COc1ccc(C[C@H]2NC(=O)/C=C/C[C@@H]([C@H](C)C3OC3c3ccccc3)OC(=O)[C@H](CC(C)C)NC(=O)CC(c3ccccc3)NC2=O)cc1Cl.O=O.PP. The van der Waals surface area contributed by atoms with Crippen LogP contribution in [0.25, 0.3) is 6.08 Å². The van der Waals surface area contributed by atoms with Gasteiger partial charge in [0.05, 0.1) is 55.3 Å². The van der Waals surface area contributed by atoms with E-state index >= 15 is 0 Å². The third kappa shape index (κ3) is 27.7. The maximum absolute atomic E-state index is 14.0. The van der Waals surface area contributed by atoms with E-state index in [4.69, 9.17) is 56.8 Å². The molecule has 0 radical (unpaired) electrons. The quantitative estimate of drug-likeness (QED) is 0.0265. The summed E-state index contributed by atoms with van der Waals surface area (Å²) in [5.74, 6) is -3.30. The van der Waals surface area contributed by atoms with Crippen LogP contribution in [0.3, 0.4) is 0 Å². The second kappa shape index (κ2) is 44.0. The van der Waals surface area contributed by atoms with Crippen molar-refractivity contribution in [3.8, 4) is 11.5 Å². The van der Waals surface area contributed by atoms with Gasteiger partial charge in [-0.2, -0.15) is 0 Å². The smallest absolute Gasteiger partial charge is 0.328 e. The first-order valence-electron chi connectivity index (χ1n) is 34.8. The van der Waals surface area contributed by atoms with Crippen LogP contribution in [-0.2, 0) is 65.4 Å². The Hall–Kier alpha value is -9.10. The Labute approximate surface area is 629 Å². The molecule has 3 heterocycles. The molecule has 3 aliphatic rings. The molecule has 21 nitrogen and oxygen atoms in total. The van der Waals surface area contributed by atoms with Gasteiger partial charge in [-0.05, 0) is 94.5 Å². The number of carbonyl (C=O) groups is 8. The van der Waals surface area contributed by atoms with Crippen LogP contribution in [0.4, 0.5) is 0 Å². The first kappa shape index (κ1) is 84.8. The first-order chi connectivity index (χ1) is 50.5. The van der Waals surface area contributed by atoms with E-state index in [9.17, 15) is 38.4 Å². The summed E-state index contributed by atoms with van der Waals surface area (Å²) in [6.45, 7) is 11.7. The lowest BCUT2D eigenvalue weighted by Crippen LogP contribution is -2.50. The zero-order valence-corrected chi connectivity index (χ0v) is 64.1. The molecular formula is C80H96Cl2N6O15P2. The van der Waals surface area contributed by atoms with E-state index in [0.29, 0.717) is 56.6 Å². The third-order valence-corrected chi connectivity index (χ3v) is 18.2. The van der Waals surface area contributed by atoms with Crippen molar-refractivity contribution in [1.82, 2.24) is 31.9 Å². The Kier molecular flexibility index (Phi) is 35.6. The Morgan fingerprint density at radius 2 is 0.886 bits per heavy atom. The van der Waals surface area contributed by atoms with Gasteiger partial charge in [-0.3, -0.25) is 28.8 Å². The minimum Gasteiger partial charge on any atom is -0.495 e. The highest BCUT2D eigenvalue weighted by Crippen LogP contribution is 2.45. The molecule has 14 atom stereocenters. The molecule has 25 heteroatoms. The topological polar surface area (TPSA) is 292 Å². The lowest BCUT2D eigenvalue weighted by Gasteiger charge is -2.28. The first-order valence-corrected chi connectivity index (χ1v) is 38.2. The van der Waals surface area contributed by atoms with E-state index in [2.05, 4.69) is 49.8 Å². The molecule has 1 fully saturated rings. The number of hydrogen-bond donors (Lipinski definition) is 6. The van der Waals surface area contributed by atoms with Crippen LogP contribution in [0, 0.1) is 33.6 Å². The molecule has 9 rings (SSSR count). The van der Waals surface area contributed by atoms with Gasteiger partial charge in [-0.15, -0.1) is 17.9 Å². The number of amides is 6. The normalized spacial score (nSPS) is 23.3. The van der Waals surface area contributed by atoms with Crippen LogP contribution < -0.4 is 41.4 Å². The minimum absolute atomic E-state index is 0.0685. The van der Waals surface area contributed by atoms with Crippen molar-refractivity contribution in [2.24, 2.45) is 23.7 Å². The van der Waals surface area contributed by atoms with Crippen LogP contribution in [0.1, 0.15) is 132 Å². The zero-order valence-electron chi connectivity index (χ0n) is 60.2. The Morgan fingerprint density at radius 1 is 0.495 bits per heavy atom. The number of carbonyl (C=O) groups excluding carboxylic acids is 8. The third-order valence-electron chi connectivity index (χ3n) is 17.6. The van der Waals surface area contributed by atoms with Gasteiger partial charge >= 0.3 is 11.9 Å². The molecule has 1 saturated heterocycles. The van der Waals surface area contributed by atoms with Crippen molar-refractivity contribution in [1.29, 1.82) is 0 Å². The van der Waals surface area contributed by atoms with Crippen LogP contribution in [0.2, 0.25) is 10.0 Å². The highest BCUT2D eigenvalue weighted by Gasteiger charge is 2.48. The van der Waals surface area contributed by atoms with Gasteiger partial charge in [0.2, 0.25) is 35.4 Å². The van der Waals surface area contributed by atoms with E-state index in [-0.39, 0.29) is 74.4 Å². The summed E-state index contributed by atoms with van der Waals surface area (Å²) in [5, 5.41) is 18.1. The second-order valence-corrected chi connectivity index (χ2v) is 27.3. The largest absolute Gasteiger partial charge is 0.495 e. The molecule has 0 aromatic heterocycles. The highest BCUT2D eigenvalue weighted by atomic mass is 35.5. The summed E-state index contributed by atoms with van der Waals surface area (Å²) < 4.78 is 28.8. The number of methoxy groups -OCH3 is 2. The van der Waals surface area contributed by atoms with Gasteiger partial charge in [0, 0.05) is 47.4 Å². The summed E-state index contributed by atoms with van der Waals surface area (Å²) in [4.78, 5) is 123. The predicted octanol–water partition coefficient (Wildman–Crippen LogP) is 12.9. The Morgan fingerprint density at radius 3 is 1.29 bits per heavy atom. The average molecular weight is 1510 g/mol. The Bertz CT molecular complexity index is 3900. The number of ether oxygens (including phenoxy) is 5. The van der Waals surface area contributed by atoms with Crippen molar-refractivity contribution < 1.29 is 62.0 Å². The molecular weight excluding hydrogens is 1420 g/mol. The van der Waals surface area contributed by atoms with Crippen molar-refractivity contribution in [3.63, 3.8) is 0 Å². The van der Waals surface area contributed by atoms with Gasteiger partial charge in [-0.25, -0.2) is 9.59 Å². The van der Waals surface area contributed by atoms with E-state index in [1.165, 1.54) is 26.4 Å². The molecule has 6 aromatic rings. The number of benzene rings is 6. The van der Waals surface area contributed by atoms with E-state index in [1.54, 1.807) is 48.6 Å². The van der Waals surface area contributed by atoms with Crippen molar-refractivity contribution in [3.05, 3.63) is 241 Å². The number of nitrogens with one attached hydrogen (secondary N) is 6. The summed E-state index contributed by atoms with van der Waals surface area (Å²) in [7, 11) is 7.69. The molecule has 3 aliphatic heterocycles. The van der Waals surface area contributed by atoms with E-state index in [1.807, 2.05) is 175 Å². The molecule has 6 aromatic carbocycles. The van der Waals surface area contributed by atoms with Gasteiger partial charge < -0.3 is 55.6 Å². The average Bonchev–Trinajstić information content (AvgIpc) is 1.63. The standard InChI is InChI=1S/C40H46ClN3O7.C40H46ClN3O6.O2.H4P2/c1-24(2)20-32-40(48)50-33(25(3)37-38(51-37)28-14-9-6-10-15-28)16-11-17-35(45)42-31(22-26-18-19-34(49-4)29(41)21-26)39(47)44-30(23-36(46)43-32)27-12-7-5-8-13-27;1-26(2)22-34-40(48)50-35(27(3)18-19-28-12-7-5-8-13-28)16-11-17-37(45)42-33(24-29-20-21-36(49-4)31(41)23-29)39(47)44-32(25-38(46)43-34)30-14-9-6-10-15-30;2*1-2/h5-15,17-19,21,24-25,30-33,37-38H,16,20,22-23H2,1-4H3,(H,42,45)(H,43,46)(H,44,47);5-15,17-21,23,26-27,32-35H,16,22,24-25H2,1-4H3,(H,42,45)(H,43,46)(H,44,47);;1-2H2/b17-11+;17-11+,19-18+;;/t25-,30?,31+,32-,33-,37?,38?;27-,32?,33-,34+,35+;;/m01../s1. The van der Waals surface area contributed by atoms with E-state index in [0.717, 1.165) is 11.1 Å². The highest BCUT2D eigenvalue weighted by molar-refractivity contribution is 7.92. The lowest BCUT2D eigenvalue weighted by molar-refractivity contribution is -0.156. The van der Waals surface area contributed by atoms with Crippen molar-refractivity contribution in [2.75, 3.05) is 14.2 Å². The molecule has 0 bridgehead atoms. The molecule has 105 heavy (non-hydrogen) atoms.